The van der Waals surface area contributed by atoms with E-state index in [1.165, 1.54) is 0 Å². The SMILES string of the molecule is CNCC1CCN(C(=O)c2cc3ccccn3c2)C1. The third kappa shape index (κ3) is 2.36. The Hall–Kier alpha value is -1.81. The Morgan fingerprint density at radius 3 is 3.16 bits per heavy atom. The molecular formula is C15H19N3O. The van der Waals surface area contributed by atoms with Gasteiger partial charge in [0, 0.05) is 31.0 Å². The van der Waals surface area contributed by atoms with E-state index in [1.807, 2.05) is 53.0 Å². The molecule has 1 N–H and O–H groups in total. The second kappa shape index (κ2) is 5.05. The molecule has 1 unspecified atom stereocenters. The number of rotatable bonds is 3. The molecule has 4 nitrogen and oxygen atoms in total. The number of aromatic nitrogens is 1. The smallest absolute Gasteiger partial charge is 0.255 e. The normalized spacial score (nSPS) is 19.2. The predicted molar refractivity (Wildman–Crippen MR) is 75.3 cm³/mol. The molecule has 0 aliphatic carbocycles. The van der Waals surface area contributed by atoms with Gasteiger partial charge >= 0.3 is 0 Å². The van der Waals surface area contributed by atoms with Crippen LogP contribution in [0.15, 0.2) is 36.7 Å². The molecule has 0 aromatic carbocycles. The van der Waals surface area contributed by atoms with Crippen molar-refractivity contribution in [3.63, 3.8) is 0 Å². The van der Waals surface area contributed by atoms with Crippen molar-refractivity contribution in [3.05, 3.63) is 42.2 Å². The average molecular weight is 257 g/mol. The molecule has 100 valence electrons. The minimum absolute atomic E-state index is 0.155. The van der Waals surface area contributed by atoms with Gasteiger partial charge in [0.2, 0.25) is 0 Å². The van der Waals surface area contributed by atoms with Gasteiger partial charge in [-0.15, -0.1) is 0 Å². The van der Waals surface area contributed by atoms with Crippen LogP contribution in [0.4, 0.5) is 0 Å². The minimum atomic E-state index is 0.155. The average Bonchev–Trinajstić information content (AvgIpc) is 3.04. The van der Waals surface area contributed by atoms with E-state index in [2.05, 4.69) is 5.32 Å². The van der Waals surface area contributed by atoms with Gasteiger partial charge in [0.1, 0.15) is 0 Å². The van der Waals surface area contributed by atoms with E-state index in [4.69, 9.17) is 0 Å². The first-order valence-electron chi connectivity index (χ1n) is 6.78. The lowest BCUT2D eigenvalue weighted by atomic mass is 10.1. The zero-order valence-corrected chi connectivity index (χ0v) is 11.2. The predicted octanol–water partition coefficient (Wildman–Crippen LogP) is 1.62. The first kappa shape index (κ1) is 12.2. The summed E-state index contributed by atoms with van der Waals surface area (Å²) in [5.41, 5.74) is 1.85. The Kier molecular flexibility index (Phi) is 3.25. The van der Waals surface area contributed by atoms with Crippen molar-refractivity contribution in [1.29, 1.82) is 0 Å². The summed E-state index contributed by atoms with van der Waals surface area (Å²) < 4.78 is 1.99. The molecule has 3 rings (SSSR count). The number of hydrogen-bond acceptors (Lipinski definition) is 2. The second-order valence-electron chi connectivity index (χ2n) is 5.23. The van der Waals surface area contributed by atoms with Crippen molar-refractivity contribution in [2.75, 3.05) is 26.7 Å². The molecule has 0 spiro atoms. The molecule has 1 aliphatic heterocycles. The van der Waals surface area contributed by atoms with Crippen LogP contribution in [0, 0.1) is 5.92 Å². The Bertz CT molecular complexity index is 557. The van der Waals surface area contributed by atoms with Crippen molar-refractivity contribution < 1.29 is 4.79 Å². The van der Waals surface area contributed by atoms with Crippen molar-refractivity contribution in [2.45, 2.75) is 6.42 Å². The van der Waals surface area contributed by atoms with Crippen LogP contribution in [0.1, 0.15) is 16.8 Å². The Morgan fingerprint density at radius 2 is 2.37 bits per heavy atom. The number of pyridine rings is 1. The maximum absolute atomic E-state index is 12.5. The summed E-state index contributed by atoms with van der Waals surface area (Å²) in [5, 5.41) is 3.19. The van der Waals surface area contributed by atoms with Gasteiger partial charge in [0.05, 0.1) is 5.56 Å². The fourth-order valence-electron chi connectivity index (χ4n) is 2.83. The molecule has 2 aromatic heterocycles. The fraction of sp³-hybridized carbons (Fsp3) is 0.400. The van der Waals surface area contributed by atoms with E-state index in [1.54, 1.807) is 0 Å². The highest BCUT2D eigenvalue weighted by Crippen LogP contribution is 2.19. The topological polar surface area (TPSA) is 36.8 Å². The molecule has 1 amide bonds. The molecule has 1 saturated heterocycles. The van der Waals surface area contributed by atoms with Gasteiger partial charge in [-0.1, -0.05) is 6.07 Å². The quantitative estimate of drug-likeness (QED) is 0.907. The van der Waals surface area contributed by atoms with E-state index in [9.17, 15) is 4.79 Å². The lowest BCUT2D eigenvalue weighted by molar-refractivity contribution is 0.0787. The fourth-order valence-corrected chi connectivity index (χ4v) is 2.83. The van der Waals surface area contributed by atoms with Crippen LogP contribution in [0.2, 0.25) is 0 Å². The number of amides is 1. The highest BCUT2D eigenvalue weighted by molar-refractivity contribution is 5.95. The van der Waals surface area contributed by atoms with E-state index in [-0.39, 0.29) is 5.91 Å². The Labute approximate surface area is 113 Å². The third-order valence-corrected chi connectivity index (χ3v) is 3.82. The van der Waals surface area contributed by atoms with Gasteiger partial charge in [-0.3, -0.25) is 4.79 Å². The van der Waals surface area contributed by atoms with Crippen LogP contribution in [0.3, 0.4) is 0 Å². The van der Waals surface area contributed by atoms with Crippen molar-refractivity contribution in [2.24, 2.45) is 5.92 Å². The second-order valence-corrected chi connectivity index (χ2v) is 5.23. The molecule has 2 aromatic rings. The van der Waals surface area contributed by atoms with Crippen LogP contribution in [0.5, 0.6) is 0 Å². The van der Waals surface area contributed by atoms with Gasteiger partial charge in [0.15, 0.2) is 0 Å². The van der Waals surface area contributed by atoms with E-state index in [0.29, 0.717) is 5.92 Å². The number of fused-ring (bicyclic) bond motifs is 1. The summed E-state index contributed by atoms with van der Waals surface area (Å²) in [5.74, 6) is 0.744. The number of likely N-dealkylation sites (tertiary alicyclic amines) is 1. The largest absolute Gasteiger partial charge is 0.338 e. The van der Waals surface area contributed by atoms with Gasteiger partial charge < -0.3 is 14.6 Å². The molecule has 3 heterocycles. The van der Waals surface area contributed by atoms with E-state index in [0.717, 1.165) is 37.1 Å². The summed E-state index contributed by atoms with van der Waals surface area (Å²) in [7, 11) is 1.96. The Balaban J connectivity index is 1.77. The lowest BCUT2D eigenvalue weighted by Gasteiger charge is -2.15. The number of nitrogens with one attached hydrogen (secondary N) is 1. The first-order valence-corrected chi connectivity index (χ1v) is 6.78. The molecule has 4 heteroatoms. The lowest BCUT2D eigenvalue weighted by Crippen LogP contribution is -2.30. The highest BCUT2D eigenvalue weighted by Gasteiger charge is 2.26. The molecule has 0 saturated carbocycles. The molecule has 1 aliphatic rings. The van der Waals surface area contributed by atoms with Gasteiger partial charge in [-0.05, 0) is 44.1 Å². The first-order chi connectivity index (χ1) is 9.28. The van der Waals surface area contributed by atoms with Gasteiger partial charge in [-0.2, -0.15) is 0 Å². The highest BCUT2D eigenvalue weighted by atomic mass is 16.2. The Morgan fingerprint density at radius 1 is 1.47 bits per heavy atom. The summed E-state index contributed by atoms with van der Waals surface area (Å²) in [6.45, 7) is 2.73. The summed E-state index contributed by atoms with van der Waals surface area (Å²) in [6, 6.07) is 7.95. The maximum Gasteiger partial charge on any atom is 0.255 e. The molecule has 0 radical (unpaired) electrons. The number of nitrogens with zero attached hydrogens (tertiary/aromatic N) is 2. The number of carbonyl (C=O) groups excluding carboxylic acids is 1. The summed E-state index contributed by atoms with van der Waals surface area (Å²) in [4.78, 5) is 14.4. The third-order valence-electron chi connectivity index (χ3n) is 3.82. The molecule has 19 heavy (non-hydrogen) atoms. The van der Waals surface area contributed by atoms with Crippen LogP contribution in [-0.4, -0.2) is 41.9 Å². The molecule has 0 bridgehead atoms. The van der Waals surface area contributed by atoms with E-state index >= 15 is 0 Å². The molecule has 1 fully saturated rings. The van der Waals surface area contributed by atoms with Crippen molar-refractivity contribution >= 4 is 11.4 Å². The monoisotopic (exact) mass is 257 g/mol. The van der Waals surface area contributed by atoms with Crippen LogP contribution < -0.4 is 5.32 Å². The van der Waals surface area contributed by atoms with Crippen LogP contribution >= 0.6 is 0 Å². The van der Waals surface area contributed by atoms with Crippen molar-refractivity contribution in [1.82, 2.24) is 14.6 Å². The minimum Gasteiger partial charge on any atom is -0.338 e. The van der Waals surface area contributed by atoms with Crippen molar-refractivity contribution in [3.8, 4) is 0 Å². The van der Waals surface area contributed by atoms with Crippen LogP contribution in [-0.2, 0) is 0 Å². The standard InChI is InChI=1S/C15H19N3O/c1-16-9-12-5-7-18(10-12)15(19)13-8-14-4-2-3-6-17(14)11-13/h2-4,6,8,11-12,16H,5,7,9-10H2,1H3. The zero-order chi connectivity index (χ0) is 13.2. The summed E-state index contributed by atoms with van der Waals surface area (Å²) in [6.07, 6.45) is 4.99. The van der Waals surface area contributed by atoms with E-state index < -0.39 is 0 Å². The van der Waals surface area contributed by atoms with Gasteiger partial charge in [0.25, 0.3) is 5.91 Å². The summed E-state index contributed by atoms with van der Waals surface area (Å²) >= 11 is 0. The number of hydrogen-bond donors (Lipinski definition) is 1. The maximum atomic E-state index is 12.5. The zero-order valence-electron chi connectivity index (χ0n) is 11.2. The van der Waals surface area contributed by atoms with Crippen LogP contribution in [0.25, 0.3) is 5.52 Å². The number of carbonyl (C=O) groups is 1. The molecule has 1 atom stereocenters. The molecular weight excluding hydrogens is 238 g/mol. The van der Waals surface area contributed by atoms with Gasteiger partial charge in [-0.25, -0.2) is 0 Å².